The zero-order valence-corrected chi connectivity index (χ0v) is 27.9. The highest BCUT2D eigenvalue weighted by Gasteiger charge is 2.34. The van der Waals surface area contributed by atoms with Crippen LogP contribution in [0.15, 0.2) is 6.07 Å². The molecule has 0 amide bonds. The summed E-state index contributed by atoms with van der Waals surface area (Å²) in [6.07, 6.45) is 11.3. The van der Waals surface area contributed by atoms with Crippen LogP contribution in [0, 0.1) is 24.7 Å². The Hall–Kier alpha value is -2.10. The number of fused-ring (bicyclic) bond motifs is 1. The summed E-state index contributed by atoms with van der Waals surface area (Å²) in [6.45, 7) is 18.5. The number of rotatable bonds is 17. The third kappa shape index (κ3) is 11.6. The molecule has 4 nitrogen and oxygen atoms in total. The lowest BCUT2D eigenvalue weighted by Gasteiger charge is -2.33. The Labute approximate surface area is 251 Å². The Balaban J connectivity index is 0.00000268. The van der Waals surface area contributed by atoms with Gasteiger partial charge in [-0.2, -0.15) is 0 Å². The summed E-state index contributed by atoms with van der Waals surface area (Å²) in [4.78, 5) is 50.6. The second-order valence-electron chi connectivity index (χ2n) is 12.8. The van der Waals surface area contributed by atoms with Gasteiger partial charge in [0.2, 0.25) is 0 Å². The lowest BCUT2D eigenvalue weighted by Crippen LogP contribution is -2.30. The largest absolute Gasteiger partial charge is 0.300 e. The molecule has 1 aliphatic carbocycles. The van der Waals surface area contributed by atoms with Crippen LogP contribution in [0.5, 0.6) is 0 Å². The number of Topliss-reactive ketones (excluding diaryl/α,β-unsaturated/α-hetero) is 4. The molecule has 0 saturated carbocycles. The highest BCUT2D eigenvalue weighted by Crippen LogP contribution is 2.40. The van der Waals surface area contributed by atoms with Crippen molar-refractivity contribution < 1.29 is 19.2 Å². The molecule has 4 heteroatoms. The van der Waals surface area contributed by atoms with Gasteiger partial charge in [-0.25, -0.2) is 0 Å². The molecule has 0 fully saturated rings. The average Bonchev–Trinajstić information content (AvgIpc) is 2.88. The van der Waals surface area contributed by atoms with Crippen molar-refractivity contribution in [1.29, 1.82) is 0 Å². The molecule has 0 spiro atoms. The predicted molar refractivity (Wildman–Crippen MR) is 172 cm³/mol. The number of ketones is 4. The topological polar surface area (TPSA) is 68.3 Å². The van der Waals surface area contributed by atoms with E-state index in [-0.39, 0.29) is 41.5 Å². The molecule has 0 radical (unpaired) electrons. The normalized spacial score (nSPS) is 16.0. The Morgan fingerprint density at radius 3 is 2.15 bits per heavy atom. The zero-order chi connectivity index (χ0) is 31.1. The molecular formula is C37H60O4. The van der Waals surface area contributed by atoms with Crippen molar-refractivity contribution in [2.24, 2.45) is 17.8 Å². The fourth-order valence-corrected chi connectivity index (χ4v) is 6.63. The number of hydrogen-bond donors (Lipinski definition) is 0. The number of hydrogen-bond acceptors (Lipinski definition) is 4. The molecule has 1 aliphatic rings. The van der Waals surface area contributed by atoms with Gasteiger partial charge < -0.3 is 0 Å². The molecule has 0 bridgehead atoms. The lowest BCUT2D eigenvalue weighted by atomic mass is 9.70. The molecule has 0 N–H and O–H groups in total. The van der Waals surface area contributed by atoms with Gasteiger partial charge in [0.05, 0.1) is 6.42 Å². The van der Waals surface area contributed by atoms with Crippen LogP contribution in [-0.4, -0.2) is 23.1 Å². The molecule has 1 aromatic rings. The summed E-state index contributed by atoms with van der Waals surface area (Å²) in [5, 5.41) is 0. The molecule has 232 valence electrons. The van der Waals surface area contributed by atoms with Gasteiger partial charge >= 0.3 is 0 Å². The van der Waals surface area contributed by atoms with Crippen LogP contribution >= 0.6 is 0 Å². The Bertz CT molecular complexity index is 1000. The monoisotopic (exact) mass is 568 g/mol. The Morgan fingerprint density at radius 1 is 0.951 bits per heavy atom. The predicted octanol–water partition coefficient (Wildman–Crippen LogP) is 9.74. The van der Waals surface area contributed by atoms with Gasteiger partial charge in [-0.15, -0.1) is 0 Å². The second kappa shape index (κ2) is 19.2. The summed E-state index contributed by atoms with van der Waals surface area (Å²) < 4.78 is 0. The van der Waals surface area contributed by atoms with E-state index in [2.05, 4.69) is 54.5 Å². The van der Waals surface area contributed by atoms with Crippen LogP contribution in [0.1, 0.15) is 171 Å². The van der Waals surface area contributed by atoms with Crippen molar-refractivity contribution in [2.75, 3.05) is 0 Å². The molecule has 0 heterocycles. The van der Waals surface area contributed by atoms with Crippen molar-refractivity contribution >= 4 is 23.1 Å². The number of benzene rings is 1. The van der Waals surface area contributed by atoms with E-state index in [9.17, 15) is 19.2 Å². The maximum Gasteiger partial charge on any atom is 0.163 e. The number of carbonyl (C=O) groups excluding carboxylic acids is 4. The quantitative estimate of drug-likeness (QED) is 0.139. The maximum absolute atomic E-state index is 13.6. The molecule has 1 aromatic carbocycles. The fraction of sp³-hybridized carbons (Fsp3) is 0.730. The van der Waals surface area contributed by atoms with Gasteiger partial charge in [-0.05, 0) is 86.0 Å². The highest BCUT2D eigenvalue weighted by atomic mass is 16.1. The van der Waals surface area contributed by atoms with Gasteiger partial charge in [0.15, 0.2) is 5.78 Å². The standard InChI is InChI=1S/C34H52O4.C3H8/c1-8-11-12-14-28(36)16-15-26-21-30(22(4)5)31-19-25(20-33(38)34(31)24(26)7)18-27(13-9-2)29(10-3)32(37)17-23(6)35;1-3-2/h21-22,25,27,29H,8-20H2,1-7H3;3H2,1-2H3. The zero-order valence-electron chi connectivity index (χ0n) is 27.9. The smallest absolute Gasteiger partial charge is 0.163 e. The Morgan fingerprint density at radius 2 is 1.61 bits per heavy atom. The maximum atomic E-state index is 13.6. The average molecular weight is 569 g/mol. The summed E-state index contributed by atoms with van der Waals surface area (Å²) in [6, 6.07) is 2.27. The van der Waals surface area contributed by atoms with Crippen LogP contribution < -0.4 is 0 Å². The van der Waals surface area contributed by atoms with Gasteiger partial charge in [-0.3, -0.25) is 19.2 Å². The molecule has 0 aliphatic heterocycles. The van der Waals surface area contributed by atoms with Gasteiger partial charge in [-0.1, -0.05) is 86.6 Å². The third-order valence-corrected chi connectivity index (χ3v) is 8.58. The summed E-state index contributed by atoms with van der Waals surface area (Å²) in [5.41, 5.74) is 5.53. The van der Waals surface area contributed by atoms with Gasteiger partial charge in [0.25, 0.3) is 0 Å². The van der Waals surface area contributed by atoms with Crippen LogP contribution in [0.3, 0.4) is 0 Å². The highest BCUT2D eigenvalue weighted by molar-refractivity contribution is 6.01. The SMILES string of the molecule is CCC.CCCCCC(=O)CCc1cc(C(C)C)c2c(c1C)C(=O)CC(CC(CCC)C(CC)C(=O)CC(C)=O)C2. The Kier molecular flexibility index (Phi) is 17.3. The minimum Gasteiger partial charge on any atom is -0.300 e. The minimum absolute atomic E-state index is 0.0196. The van der Waals surface area contributed by atoms with Crippen LogP contribution in [0.25, 0.3) is 0 Å². The molecule has 2 rings (SSSR count). The molecule has 41 heavy (non-hydrogen) atoms. The van der Waals surface area contributed by atoms with E-state index in [1.807, 2.05) is 6.92 Å². The van der Waals surface area contributed by atoms with Crippen molar-refractivity contribution in [1.82, 2.24) is 0 Å². The van der Waals surface area contributed by atoms with E-state index >= 15 is 0 Å². The summed E-state index contributed by atoms with van der Waals surface area (Å²) in [7, 11) is 0. The molecule has 3 atom stereocenters. The van der Waals surface area contributed by atoms with Crippen molar-refractivity contribution in [3.63, 3.8) is 0 Å². The molecule has 0 saturated heterocycles. The first-order chi connectivity index (χ1) is 19.4. The van der Waals surface area contributed by atoms with Crippen LogP contribution in [0.4, 0.5) is 0 Å². The third-order valence-electron chi connectivity index (χ3n) is 8.58. The van der Waals surface area contributed by atoms with E-state index in [0.717, 1.165) is 68.1 Å². The van der Waals surface area contributed by atoms with Crippen LogP contribution in [0.2, 0.25) is 0 Å². The van der Waals surface area contributed by atoms with Crippen LogP contribution in [-0.2, 0) is 27.2 Å². The van der Waals surface area contributed by atoms with Gasteiger partial charge in [0, 0.05) is 30.7 Å². The van der Waals surface area contributed by atoms with Crippen molar-refractivity contribution in [3.8, 4) is 0 Å². The first-order valence-corrected chi connectivity index (χ1v) is 16.7. The molecular weight excluding hydrogens is 508 g/mol. The molecule has 3 unspecified atom stereocenters. The van der Waals surface area contributed by atoms with Crippen molar-refractivity contribution in [2.45, 2.75) is 158 Å². The van der Waals surface area contributed by atoms with Gasteiger partial charge in [0.1, 0.15) is 17.3 Å². The summed E-state index contributed by atoms with van der Waals surface area (Å²) in [5.74, 6) is 1.13. The van der Waals surface area contributed by atoms with E-state index < -0.39 is 0 Å². The number of unbranched alkanes of at least 4 members (excludes halogenated alkanes) is 2. The summed E-state index contributed by atoms with van der Waals surface area (Å²) >= 11 is 0. The van der Waals surface area contributed by atoms with E-state index in [1.54, 1.807) is 0 Å². The fourth-order valence-electron chi connectivity index (χ4n) is 6.63. The lowest BCUT2D eigenvalue weighted by molar-refractivity contribution is -0.130. The minimum atomic E-state index is -0.112. The first kappa shape index (κ1) is 36.9. The van der Waals surface area contributed by atoms with Crippen molar-refractivity contribution in [3.05, 3.63) is 33.9 Å². The second-order valence-corrected chi connectivity index (χ2v) is 12.8. The molecule has 0 aromatic heterocycles. The number of carbonyl (C=O) groups is 4. The van der Waals surface area contributed by atoms with E-state index in [4.69, 9.17) is 0 Å². The van der Waals surface area contributed by atoms with E-state index in [0.29, 0.717) is 37.4 Å². The number of aryl methyl sites for hydroxylation is 1. The first-order valence-electron chi connectivity index (χ1n) is 16.7. The van der Waals surface area contributed by atoms with E-state index in [1.165, 1.54) is 24.5 Å².